The smallest absolute Gasteiger partial charge is 0.329 e. The van der Waals surface area contributed by atoms with Gasteiger partial charge < -0.3 is 14.4 Å². The van der Waals surface area contributed by atoms with E-state index in [4.69, 9.17) is 9.47 Å². The van der Waals surface area contributed by atoms with Crippen molar-refractivity contribution in [1.29, 1.82) is 0 Å². The lowest BCUT2D eigenvalue weighted by Crippen LogP contribution is -2.47. The molecular weight excluding hydrogens is 362 g/mol. The van der Waals surface area contributed by atoms with Crippen molar-refractivity contribution in [3.63, 3.8) is 0 Å². The summed E-state index contributed by atoms with van der Waals surface area (Å²) >= 11 is 0. The summed E-state index contributed by atoms with van der Waals surface area (Å²) in [5.74, 6) is 0.765. The Morgan fingerprint density at radius 3 is 2.34 bits per heavy atom. The Morgan fingerprint density at radius 2 is 1.72 bits per heavy atom. The first-order chi connectivity index (χ1) is 13.9. The lowest BCUT2D eigenvalue weighted by molar-refractivity contribution is -0.150. The van der Waals surface area contributed by atoms with Gasteiger partial charge in [0.25, 0.3) is 0 Å². The van der Waals surface area contributed by atoms with Gasteiger partial charge in [-0.3, -0.25) is 0 Å². The molecule has 0 bridgehead atoms. The molecule has 0 amide bonds. The molecule has 0 saturated carbocycles. The van der Waals surface area contributed by atoms with E-state index in [1.54, 1.807) is 0 Å². The number of benzene rings is 2. The minimum atomic E-state index is -0.326. The quantitative estimate of drug-likeness (QED) is 0.446. The first kappa shape index (κ1) is 22.8. The van der Waals surface area contributed by atoms with Gasteiger partial charge in [0.15, 0.2) is 0 Å². The fraction of sp³-hybridized carbons (Fsp3) is 0.480. The molecule has 0 aliphatic carbocycles. The van der Waals surface area contributed by atoms with Crippen LogP contribution in [0, 0.1) is 5.92 Å². The van der Waals surface area contributed by atoms with Crippen molar-refractivity contribution in [2.24, 2.45) is 5.92 Å². The van der Waals surface area contributed by atoms with Crippen molar-refractivity contribution >= 4 is 11.7 Å². The molecule has 1 unspecified atom stereocenters. The van der Waals surface area contributed by atoms with E-state index in [9.17, 15) is 4.79 Å². The molecule has 0 aromatic heterocycles. The highest BCUT2D eigenvalue weighted by atomic mass is 16.5. The van der Waals surface area contributed by atoms with E-state index in [2.05, 4.69) is 25.7 Å². The van der Waals surface area contributed by atoms with Gasteiger partial charge in [0.1, 0.15) is 18.4 Å². The van der Waals surface area contributed by atoms with Gasteiger partial charge in [-0.05, 0) is 43.9 Å². The average molecular weight is 398 g/mol. The molecule has 2 aromatic carbocycles. The number of carbonyl (C=O) groups excluding carboxylic acids is 1. The van der Waals surface area contributed by atoms with Gasteiger partial charge in [-0.25, -0.2) is 4.79 Å². The summed E-state index contributed by atoms with van der Waals surface area (Å²) in [7, 11) is 0. The Kier molecular flexibility index (Phi) is 9.04. The Labute approximate surface area is 175 Å². The molecule has 4 nitrogen and oxygen atoms in total. The molecule has 0 radical (unpaired) electrons. The van der Waals surface area contributed by atoms with E-state index < -0.39 is 0 Å². The van der Waals surface area contributed by atoms with E-state index in [-0.39, 0.29) is 24.0 Å². The minimum absolute atomic E-state index is 0.127. The zero-order valence-corrected chi connectivity index (χ0v) is 18.4. The monoisotopic (exact) mass is 397 g/mol. The zero-order chi connectivity index (χ0) is 21.2. The third-order valence-electron chi connectivity index (χ3n) is 4.71. The summed E-state index contributed by atoms with van der Waals surface area (Å²) in [5.41, 5.74) is 2.12. The summed E-state index contributed by atoms with van der Waals surface area (Å²) < 4.78 is 11.6. The largest absolute Gasteiger partial charge is 0.489 e. The van der Waals surface area contributed by atoms with Crippen molar-refractivity contribution in [2.75, 3.05) is 11.4 Å². The van der Waals surface area contributed by atoms with E-state index >= 15 is 0 Å². The zero-order valence-electron chi connectivity index (χ0n) is 18.4. The predicted octanol–water partition coefficient (Wildman–Crippen LogP) is 5.85. The van der Waals surface area contributed by atoms with Crippen molar-refractivity contribution < 1.29 is 14.3 Å². The summed E-state index contributed by atoms with van der Waals surface area (Å²) in [6.45, 7) is 11.4. The number of nitrogens with zero attached hydrogens (tertiary/aromatic N) is 1. The number of rotatable bonds is 11. The highest BCUT2D eigenvalue weighted by Crippen LogP contribution is 2.27. The Hall–Kier alpha value is -2.49. The number of esters is 1. The van der Waals surface area contributed by atoms with Crippen LogP contribution < -0.4 is 9.64 Å². The van der Waals surface area contributed by atoms with Crippen LogP contribution in [-0.2, 0) is 16.1 Å². The minimum Gasteiger partial charge on any atom is -0.489 e. The SMILES string of the molecule is CCCCN(c1cccc(OCc2ccccc2)c1)C(C(=O)OC(C)C)C(C)C. The fourth-order valence-electron chi connectivity index (χ4n) is 3.31. The molecular formula is C25H35NO3. The van der Waals surface area contributed by atoms with Crippen LogP contribution in [0.1, 0.15) is 53.0 Å². The maximum absolute atomic E-state index is 12.9. The second kappa shape index (κ2) is 11.5. The standard InChI is InChI=1S/C25H35NO3/c1-6-7-16-26(24(19(2)3)25(27)29-20(4)5)22-14-11-15-23(17-22)28-18-21-12-9-8-10-13-21/h8-15,17,19-20,24H,6-7,16,18H2,1-5H3. The molecule has 0 N–H and O–H groups in total. The van der Waals surface area contributed by atoms with Crippen LogP contribution in [0.15, 0.2) is 54.6 Å². The third-order valence-corrected chi connectivity index (χ3v) is 4.71. The molecule has 0 fully saturated rings. The Balaban J connectivity index is 2.24. The number of unbranched alkanes of at least 4 members (excludes halogenated alkanes) is 1. The maximum atomic E-state index is 12.9. The fourth-order valence-corrected chi connectivity index (χ4v) is 3.31. The summed E-state index contributed by atoms with van der Waals surface area (Å²) in [6.07, 6.45) is 1.94. The third kappa shape index (κ3) is 7.12. The van der Waals surface area contributed by atoms with Crippen LogP contribution in [0.25, 0.3) is 0 Å². The molecule has 2 aromatic rings. The number of hydrogen-bond acceptors (Lipinski definition) is 4. The first-order valence-electron chi connectivity index (χ1n) is 10.7. The number of anilines is 1. The van der Waals surface area contributed by atoms with Crippen molar-refractivity contribution in [1.82, 2.24) is 0 Å². The van der Waals surface area contributed by atoms with Crippen LogP contribution in [0.4, 0.5) is 5.69 Å². The van der Waals surface area contributed by atoms with Crippen LogP contribution in [-0.4, -0.2) is 24.7 Å². The van der Waals surface area contributed by atoms with Gasteiger partial charge in [0, 0.05) is 18.3 Å². The van der Waals surface area contributed by atoms with Crippen LogP contribution >= 0.6 is 0 Å². The Morgan fingerprint density at radius 1 is 1.00 bits per heavy atom. The van der Waals surface area contributed by atoms with Crippen molar-refractivity contribution in [3.05, 3.63) is 60.2 Å². The summed E-state index contributed by atoms with van der Waals surface area (Å²) in [5, 5.41) is 0. The van der Waals surface area contributed by atoms with Crippen LogP contribution in [0.3, 0.4) is 0 Å². The van der Waals surface area contributed by atoms with Crippen LogP contribution in [0.2, 0.25) is 0 Å². The van der Waals surface area contributed by atoms with Gasteiger partial charge >= 0.3 is 5.97 Å². The summed E-state index contributed by atoms with van der Waals surface area (Å²) in [4.78, 5) is 15.0. The lowest BCUT2D eigenvalue weighted by atomic mass is 10.0. The molecule has 0 aliphatic rings. The summed E-state index contributed by atoms with van der Waals surface area (Å²) in [6, 6.07) is 17.8. The molecule has 0 heterocycles. The molecule has 2 rings (SSSR count). The van der Waals surface area contributed by atoms with E-state index in [1.807, 2.05) is 68.4 Å². The topological polar surface area (TPSA) is 38.8 Å². The average Bonchev–Trinajstić information content (AvgIpc) is 2.69. The van der Waals surface area contributed by atoms with Gasteiger partial charge in [-0.2, -0.15) is 0 Å². The van der Waals surface area contributed by atoms with E-state index in [0.717, 1.165) is 36.4 Å². The number of carbonyl (C=O) groups is 1. The molecule has 158 valence electrons. The maximum Gasteiger partial charge on any atom is 0.329 e. The Bertz CT molecular complexity index is 743. The second-order valence-corrected chi connectivity index (χ2v) is 7.99. The van der Waals surface area contributed by atoms with Crippen molar-refractivity contribution in [2.45, 2.75) is 66.2 Å². The van der Waals surface area contributed by atoms with Gasteiger partial charge in [-0.15, -0.1) is 0 Å². The molecule has 4 heteroatoms. The molecule has 0 aliphatic heterocycles. The number of hydrogen-bond donors (Lipinski definition) is 0. The highest BCUT2D eigenvalue weighted by Gasteiger charge is 2.31. The second-order valence-electron chi connectivity index (χ2n) is 7.99. The molecule has 1 atom stereocenters. The highest BCUT2D eigenvalue weighted by molar-refractivity contribution is 5.80. The molecule has 29 heavy (non-hydrogen) atoms. The van der Waals surface area contributed by atoms with Crippen molar-refractivity contribution in [3.8, 4) is 5.75 Å². The van der Waals surface area contributed by atoms with Gasteiger partial charge in [0.05, 0.1) is 6.10 Å². The van der Waals surface area contributed by atoms with E-state index in [1.165, 1.54) is 0 Å². The first-order valence-corrected chi connectivity index (χ1v) is 10.7. The van der Waals surface area contributed by atoms with Crippen LogP contribution in [0.5, 0.6) is 5.75 Å². The normalized spacial score (nSPS) is 12.1. The lowest BCUT2D eigenvalue weighted by Gasteiger charge is -2.35. The number of ether oxygens (including phenoxy) is 2. The predicted molar refractivity (Wildman–Crippen MR) is 119 cm³/mol. The van der Waals surface area contributed by atoms with Gasteiger partial charge in [0.2, 0.25) is 0 Å². The molecule has 0 saturated heterocycles. The molecule has 0 spiro atoms. The van der Waals surface area contributed by atoms with Gasteiger partial charge in [-0.1, -0.05) is 63.6 Å². The van der Waals surface area contributed by atoms with E-state index in [0.29, 0.717) is 6.61 Å².